The molecule has 0 aliphatic carbocycles. The number of aromatic nitrogens is 1. The van der Waals surface area contributed by atoms with E-state index in [2.05, 4.69) is 95.0 Å². The quantitative estimate of drug-likeness (QED) is 0.315. The zero-order chi connectivity index (χ0) is 23.2. The molecular formula is C26H22N3O2SSe. The Labute approximate surface area is 203 Å². The first kappa shape index (κ1) is 20.8. The Kier molecular flexibility index (Phi) is 4.35. The number of amides is 2. The second-order valence-corrected chi connectivity index (χ2v) is 11.5. The van der Waals surface area contributed by atoms with Crippen LogP contribution in [0.5, 0.6) is 0 Å². The zero-order valence-corrected chi connectivity index (χ0v) is 21.3. The third-order valence-corrected chi connectivity index (χ3v) is 8.48. The maximum absolute atomic E-state index is 12.5. The Hall–Kier alpha value is -2.73. The summed E-state index contributed by atoms with van der Waals surface area (Å²) in [5, 5.41) is 6.37. The summed E-state index contributed by atoms with van der Waals surface area (Å²) < 4.78 is 2.63. The van der Waals surface area contributed by atoms with Crippen LogP contribution >= 0.6 is 11.3 Å². The number of hydrogen-bond donors (Lipinski definition) is 1. The van der Waals surface area contributed by atoms with E-state index in [9.17, 15) is 9.59 Å². The molecule has 1 unspecified atom stereocenters. The third-order valence-electron chi connectivity index (χ3n) is 6.94. The average molecular weight is 520 g/mol. The van der Waals surface area contributed by atoms with E-state index in [1.165, 1.54) is 49.1 Å². The second-order valence-electron chi connectivity index (χ2n) is 9.62. The Balaban J connectivity index is 1.59. The van der Waals surface area contributed by atoms with Gasteiger partial charge in [-0.2, -0.15) is 0 Å². The van der Waals surface area contributed by atoms with Crippen LogP contribution in [-0.2, 0) is 21.4 Å². The van der Waals surface area contributed by atoms with Crippen LogP contribution in [0.3, 0.4) is 0 Å². The van der Waals surface area contributed by atoms with Gasteiger partial charge in [0.2, 0.25) is 0 Å². The van der Waals surface area contributed by atoms with E-state index in [-0.39, 0.29) is 22.0 Å². The molecule has 2 amide bonds. The number of rotatable bonds is 2. The molecule has 33 heavy (non-hydrogen) atoms. The monoisotopic (exact) mass is 520 g/mol. The van der Waals surface area contributed by atoms with Gasteiger partial charge in [0.05, 0.1) is 0 Å². The van der Waals surface area contributed by atoms with E-state index in [1.54, 1.807) is 11.3 Å². The van der Waals surface area contributed by atoms with Crippen molar-refractivity contribution in [2.24, 2.45) is 10.9 Å². The number of fused-ring (bicyclic) bond motifs is 5. The summed E-state index contributed by atoms with van der Waals surface area (Å²) >= 11 is 4.29. The molecule has 4 aromatic rings. The number of aryl methyl sites for hydroxylation is 2. The van der Waals surface area contributed by atoms with Crippen LogP contribution in [0, 0.1) is 19.8 Å². The number of carbonyl (C=O) groups excluding carboxylic acids is 2. The fourth-order valence-electron chi connectivity index (χ4n) is 5.28. The second kappa shape index (κ2) is 6.89. The number of hydrogen-bond acceptors (Lipinski definition) is 3. The van der Waals surface area contributed by atoms with E-state index >= 15 is 0 Å². The van der Waals surface area contributed by atoms with Crippen molar-refractivity contribution >= 4 is 65.7 Å². The molecular weight excluding hydrogens is 497 g/mol. The van der Waals surface area contributed by atoms with Crippen molar-refractivity contribution in [3.05, 3.63) is 63.5 Å². The molecule has 2 aliphatic rings. The van der Waals surface area contributed by atoms with Crippen LogP contribution in [0.15, 0.2) is 41.4 Å². The van der Waals surface area contributed by atoms with E-state index < -0.39 is 5.92 Å². The first-order chi connectivity index (χ1) is 15.6. The fourth-order valence-corrected chi connectivity index (χ4v) is 7.06. The molecule has 7 heteroatoms. The van der Waals surface area contributed by atoms with Crippen LogP contribution in [0.2, 0.25) is 0 Å². The molecule has 4 heterocycles. The number of carbonyl (C=O) groups is 2. The van der Waals surface area contributed by atoms with Gasteiger partial charge in [-0.1, -0.05) is 5.56 Å². The van der Waals surface area contributed by atoms with Crippen molar-refractivity contribution < 1.29 is 9.59 Å². The van der Waals surface area contributed by atoms with Gasteiger partial charge < -0.3 is 0 Å². The summed E-state index contributed by atoms with van der Waals surface area (Å²) in [5.74, 6) is -1.47. The molecule has 1 atom stereocenters. The van der Waals surface area contributed by atoms with Gasteiger partial charge in [0, 0.05) is 0 Å². The predicted molar refractivity (Wildman–Crippen MR) is 134 cm³/mol. The maximum atomic E-state index is 12.5. The molecule has 0 fully saturated rings. The third kappa shape index (κ3) is 2.92. The average Bonchev–Trinajstić information content (AvgIpc) is 3.29. The Bertz CT molecular complexity index is 1570. The molecule has 0 spiro atoms. The van der Waals surface area contributed by atoms with Crippen LogP contribution < -0.4 is 5.32 Å². The number of aliphatic imine (C=N–C) groups is 1. The van der Waals surface area contributed by atoms with Gasteiger partial charge in [-0.3, -0.25) is 0 Å². The van der Waals surface area contributed by atoms with E-state index in [0.29, 0.717) is 6.42 Å². The summed E-state index contributed by atoms with van der Waals surface area (Å²) in [6.45, 7) is 8.83. The summed E-state index contributed by atoms with van der Waals surface area (Å²) in [6.07, 6.45) is 0.353. The number of nitrogens with one attached hydrogen (secondary N) is 1. The van der Waals surface area contributed by atoms with Gasteiger partial charge in [-0.15, -0.1) is 0 Å². The zero-order valence-electron chi connectivity index (χ0n) is 18.8. The fraction of sp³-hybridized carbons (Fsp3) is 0.269. The predicted octanol–water partition coefficient (Wildman–Crippen LogP) is 4.44. The minimum atomic E-state index is -0.793. The van der Waals surface area contributed by atoms with Gasteiger partial charge in [0.25, 0.3) is 0 Å². The molecule has 0 saturated carbocycles. The van der Waals surface area contributed by atoms with Crippen molar-refractivity contribution in [2.75, 3.05) is 0 Å². The molecule has 165 valence electrons. The van der Waals surface area contributed by atoms with Gasteiger partial charge >= 0.3 is 185 Å². The van der Waals surface area contributed by atoms with Crippen molar-refractivity contribution in [1.82, 2.24) is 9.88 Å². The summed E-state index contributed by atoms with van der Waals surface area (Å²) in [6, 6.07) is 13.4. The summed E-state index contributed by atoms with van der Waals surface area (Å²) in [7, 11) is 0. The van der Waals surface area contributed by atoms with Crippen molar-refractivity contribution in [2.45, 2.75) is 39.5 Å². The SMILES string of the molecule is Cc1ccc2c(c1)c1cc(C)cc3c1n2-c1sc(CC2C(=O)N=C([Se])NC2=O)cc1C3(C)C. The molecule has 2 aromatic carbocycles. The molecule has 0 saturated heterocycles. The number of nitrogens with zero attached hydrogens (tertiary/aromatic N) is 2. The standard InChI is InChI=1S/C26H22N3O2SSe/c1-12-5-6-20-15(7-12)16-8-13(2)9-18-21(16)29(20)24-19(26(18,3)4)11-14(32-24)10-17-22(30)27-25(33)28-23(17)31/h5-9,11,17H,10H2,1-4H3,(H,27,28,30,31). The van der Waals surface area contributed by atoms with Crippen molar-refractivity contribution in [3.8, 4) is 5.00 Å². The number of thiophene rings is 1. The van der Waals surface area contributed by atoms with E-state index in [0.717, 1.165) is 4.88 Å². The molecule has 1 N–H and O–H groups in total. The summed E-state index contributed by atoms with van der Waals surface area (Å²) in [5.41, 5.74) is 7.28. The minimum absolute atomic E-state index is 0.198. The first-order valence-corrected chi connectivity index (χ1v) is 12.6. The molecule has 2 aliphatic heterocycles. The number of amidine groups is 1. The van der Waals surface area contributed by atoms with Gasteiger partial charge in [-0.05, 0) is 13.8 Å². The van der Waals surface area contributed by atoms with Gasteiger partial charge in [0.1, 0.15) is 0 Å². The van der Waals surface area contributed by atoms with Gasteiger partial charge in [0.15, 0.2) is 0 Å². The molecule has 6 rings (SSSR count). The van der Waals surface area contributed by atoms with Crippen molar-refractivity contribution in [3.63, 3.8) is 0 Å². The summed E-state index contributed by atoms with van der Waals surface area (Å²) in [4.78, 5) is 29.9. The van der Waals surface area contributed by atoms with Crippen LogP contribution in [0.25, 0.3) is 26.8 Å². The molecule has 5 nitrogen and oxygen atoms in total. The Morgan fingerprint density at radius 2 is 1.82 bits per heavy atom. The Morgan fingerprint density at radius 1 is 1.06 bits per heavy atom. The van der Waals surface area contributed by atoms with E-state index in [4.69, 9.17) is 0 Å². The normalized spacial score (nSPS) is 19.0. The first-order valence-electron chi connectivity index (χ1n) is 10.9. The van der Waals surface area contributed by atoms with Gasteiger partial charge in [-0.25, -0.2) is 0 Å². The Morgan fingerprint density at radius 3 is 2.58 bits per heavy atom. The molecule has 0 bridgehead atoms. The molecule has 2 aromatic heterocycles. The van der Waals surface area contributed by atoms with Crippen LogP contribution in [0.1, 0.15) is 41.0 Å². The van der Waals surface area contributed by atoms with Crippen molar-refractivity contribution in [1.29, 1.82) is 0 Å². The van der Waals surface area contributed by atoms with Crippen LogP contribution in [-0.4, -0.2) is 37.1 Å². The molecule has 1 radical (unpaired) electrons. The topological polar surface area (TPSA) is 63.5 Å². The van der Waals surface area contributed by atoms with Crippen LogP contribution in [0.4, 0.5) is 0 Å². The van der Waals surface area contributed by atoms with E-state index in [1.807, 2.05) is 0 Å². The number of benzene rings is 2.